The zero-order valence-electron chi connectivity index (χ0n) is 9.52. The van der Waals surface area contributed by atoms with E-state index < -0.39 is 6.10 Å². The molecule has 0 unspecified atom stereocenters. The molecule has 0 bridgehead atoms. The van der Waals surface area contributed by atoms with Crippen LogP contribution in [0.15, 0.2) is 18.3 Å². The molecule has 1 aromatic rings. The van der Waals surface area contributed by atoms with Crippen LogP contribution in [0.5, 0.6) is 0 Å². The van der Waals surface area contributed by atoms with Gasteiger partial charge in [-0.05, 0) is 38.3 Å². The molecule has 1 atom stereocenters. The van der Waals surface area contributed by atoms with Gasteiger partial charge in [0.25, 0.3) is 5.91 Å². The predicted octanol–water partition coefficient (Wildman–Crippen LogP) is 1.32. The van der Waals surface area contributed by atoms with Crippen molar-refractivity contribution in [2.45, 2.75) is 38.3 Å². The summed E-state index contributed by atoms with van der Waals surface area (Å²) in [5.41, 5.74) is 0.699. The van der Waals surface area contributed by atoms with Crippen molar-refractivity contribution in [2.24, 2.45) is 0 Å². The first-order valence-corrected chi connectivity index (χ1v) is 5.81. The van der Waals surface area contributed by atoms with E-state index in [9.17, 15) is 4.79 Å². The standard InChI is InChI=1S/C12H18N2O2/c1-9(15)8-13-12(16)11-6-3-7-14(11)10-4-2-5-10/h3,6-7,9-10,15H,2,4-5,8H2,1H3,(H,13,16)/t9-/m0/s1. The second kappa shape index (κ2) is 4.70. The lowest BCUT2D eigenvalue weighted by molar-refractivity contribution is 0.0909. The van der Waals surface area contributed by atoms with Crippen molar-refractivity contribution in [3.8, 4) is 0 Å². The van der Waals surface area contributed by atoms with Crippen LogP contribution in [-0.4, -0.2) is 28.2 Å². The molecule has 0 saturated heterocycles. The van der Waals surface area contributed by atoms with Crippen molar-refractivity contribution >= 4 is 5.91 Å². The minimum absolute atomic E-state index is 0.0993. The number of aliphatic hydroxyl groups excluding tert-OH is 1. The number of carbonyl (C=O) groups excluding carboxylic acids is 1. The number of hydrogen-bond acceptors (Lipinski definition) is 2. The predicted molar refractivity (Wildman–Crippen MR) is 61.3 cm³/mol. The van der Waals surface area contributed by atoms with Gasteiger partial charge in [0.2, 0.25) is 0 Å². The van der Waals surface area contributed by atoms with Crippen molar-refractivity contribution in [1.82, 2.24) is 9.88 Å². The van der Waals surface area contributed by atoms with E-state index in [1.54, 1.807) is 6.92 Å². The summed E-state index contributed by atoms with van der Waals surface area (Å²) in [5, 5.41) is 11.8. The number of aromatic nitrogens is 1. The molecule has 0 aliphatic heterocycles. The van der Waals surface area contributed by atoms with E-state index in [0.29, 0.717) is 18.3 Å². The van der Waals surface area contributed by atoms with Gasteiger partial charge in [0.15, 0.2) is 0 Å². The van der Waals surface area contributed by atoms with Crippen molar-refractivity contribution in [3.63, 3.8) is 0 Å². The van der Waals surface area contributed by atoms with Crippen LogP contribution in [0.25, 0.3) is 0 Å². The van der Waals surface area contributed by atoms with Crippen LogP contribution in [0.3, 0.4) is 0 Å². The molecule has 1 fully saturated rings. The first-order valence-electron chi connectivity index (χ1n) is 5.81. The van der Waals surface area contributed by atoms with Crippen LogP contribution < -0.4 is 5.32 Å². The first-order chi connectivity index (χ1) is 7.68. The molecule has 0 spiro atoms. The SMILES string of the molecule is C[C@H](O)CNC(=O)c1cccn1C1CCC1. The fraction of sp³-hybridized carbons (Fsp3) is 0.583. The molecule has 4 nitrogen and oxygen atoms in total. The number of carbonyl (C=O) groups is 1. The quantitative estimate of drug-likeness (QED) is 0.807. The third-order valence-electron chi connectivity index (χ3n) is 3.04. The van der Waals surface area contributed by atoms with Gasteiger partial charge in [-0.25, -0.2) is 0 Å². The van der Waals surface area contributed by atoms with Crippen molar-refractivity contribution in [1.29, 1.82) is 0 Å². The summed E-state index contributed by atoms with van der Waals surface area (Å²) in [7, 11) is 0. The molecule has 0 radical (unpaired) electrons. The van der Waals surface area contributed by atoms with Crippen LogP contribution in [0, 0.1) is 0 Å². The second-order valence-electron chi connectivity index (χ2n) is 4.44. The smallest absolute Gasteiger partial charge is 0.268 e. The fourth-order valence-electron chi connectivity index (χ4n) is 1.90. The molecular weight excluding hydrogens is 204 g/mol. The molecule has 1 heterocycles. The highest BCUT2D eigenvalue weighted by Gasteiger charge is 2.22. The largest absolute Gasteiger partial charge is 0.392 e. The Bertz CT molecular complexity index is 367. The zero-order valence-corrected chi connectivity index (χ0v) is 9.52. The lowest BCUT2D eigenvalue weighted by Gasteiger charge is -2.28. The summed E-state index contributed by atoms with van der Waals surface area (Å²) in [6.07, 6.45) is 5.02. The maximum atomic E-state index is 11.8. The van der Waals surface area contributed by atoms with Crippen LogP contribution >= 0.6 is 0 Å². The van der Waals surface area contributed by atoms with Crippen LogP contribution in [-0.2, 0) is 0 Å². The van der Waals surface area contributed by atoms with Gasteiger partial charge in [-0.15, -0.1) is 0 Å². The topological polar surface area (TPSA) is 54.3 Å². The van der Waals surface area contributed by atoms with E-state index in [4.69, 9.17) is 5.11 Å². The van der Waals surface area contributed by atoms with Crippen molar-refractivity contribution in [3.05, 3.63) is 24.0 Å². The number of rotatable bonds is 4. The molecule has 1 aliphatic rings. The van der Waals surface area contributed by atoms with Gasteiger partial charge in [-0.1, -0.05) is 0 Å². The molecule has 16 heavy (non-hydrogen) atoms. The third kappa shape index (κ3) is 2.27. The highest BCUT2D eigenvalue weighted by Crippen LogP contribution is 2.32. The lowest BCUT2D eigenvalue weighted by atomic mass is 9.93. The van der Waals surface area contributed by atoms with Gasteiger partial charge in [0.1, 0.15) is 5.69 Å². The Morgan fingerprint density at radius 2 is 2.44 bits per heavy atom. The highest BCUT2D eigenvalue weighted by atomic mass is 16.3. The molecule has 0 aromatic carbocycles. The van der Waals surface area contributed by atoms with Crippen LogP contribution in [0.4, 0.5) is 0 Å². The number of hydrogen-bond donors (Lipinski definition) is 2. The van der Waals surface area contributed by atoms with E-state index in [0.717, 1.165) is 12.8 Å². The van der Waals surface area contributed by atoms with E-state index >= 15 is 0 Å². The third-order valence-corrected chi connectivity index (χ3v) is 3.04. The van der Waals surface area contributed by atoms with Gasteiger partial charge in [-0.3, -0.25) is 4.79 Å². The first kappa shape index (κ1) is 11.2. The molecule has 2 rings (SSSR count). The Labute approximate surface area is 95.3 Å². The number of amides is 1. The van der Waals surface area contributed by atoms with Gasteiger partial charge in [0.05, 0.1) is 6.10 Å². The Balaban J connectivity index is 2.02. The summed E-state index contributed by atoms with van der Waals surface area (Å²) in [4.78, 5) is 11.8. The van der Waals surface area contributed by atoms with Crippen molar-refractivity contribution < 1.29 is 9.90 Å². The maximum Gasteiger partial charge on any atom is 0.268 e. The maximum absolute atomic E-state index is 11.8. The number of nitrogens with zero attached hydrogens (tertiary/aromatic N) is 1. The summed E-state index contributed by atoms with van der Waals surface area (Å²) in [5.74, 6) is -0.0993. The van der Waals surface area contributed by atoms with Crippen molar-refractivity contribution in [2.75, 3.05) is 6.54 Å². The molecule has 1 aromatic heterocycles. The second-order valence-corrected chi connectivity index (χ2v) is 4.44. The summed E-state index contributed by atoms with van der Waals surface area (Å²) in [6.45, 7) is 1.96. The Kier molecular flexibility index (Phi) is 3.29. The lowest BCUT2D eigenvalue weighted by Crippen LogP contribution is -2.33. The number of aliphatic hydroxyl groups is 1. The monoisotopic (exact) mass is 222 g/mol. The normalized spacial score (nSPS) is 17.9. The van der Waals surface area contributed by atoms with Crippen LogP contribution in [0.2, 0.25) is 0 Å². The summed E-state index contributed by atoms with van der Waals surface area (Å²) >= 11 is 0. The van der Waals surface area contributed by atoms with E-state index in [2.05, 4.69) is 5.32 Å². The van der Waals surface area contributed by atoms with E-state index in [1.807, 2.05) is 22.9 Å². The average Bonchev–Trinajstić information content (AvgIpc) is 2.60. The molecule has 1 amide bonds. The fourth-order valence-corrected chi connectivity index (χ4v) is 1.90. The van der Waals surface area contributed by atoms with Gasteiger partial charge in [-0.2, -0.15) is 0 Å². The minimum atomic E-state index is -0.504. The summed E-state index contributed by atoms with van der Waals surface area (Å²) < 4.78 is 2.04. The van der Waals surface area contributed by atoms with E-state index in [-0.39, 0.29) is 5.91 Å². The average molecular weight is 222 g/mol. The molecule has 2 N–H and O–H groups in total. The number of nitrogens with one attached hydrogen (secondary N) is 1. The van der Waals surface area contributed by atoms with Gasteiger partial charge < -0.3 is 15.0 Å². The zero-order chi connectivity index (χ0) is 11.5. The molecule has 1 saturated carbocycles. The highest BCUT2D eigenvalue weighted by molar-refractivity contribution is 5.92. The Morgan fingerprint density at radius 1 is 1.69 bits per heavy atom. The van der Waals surface area contributed by atoms with Crippen LogP contribution in [0.1, 0.15) is 42.7 Å². The van der Waals surface area contributed by atoms with E-state index in [1.165, 1.54) is 6.42 Å². The molecular formula is C12H18N2O2. The molecule has 4 heteroatoms. The molecule has 88 valence electrons. The Morgan fingerprint density at radius 3 is 3.00 bits per heavy atom. The van der Waals surface area contributed by atoms with Gasteiger partial charge in [0, 0.05) is 18.8 Å². The molecule has 1 aliphatic carbocycles. The summed E-state index contributed by atoms with van der Waals surface area (Å²) in [6, 6.07) is 4.22. The van der Waals surface area contributed by atoms with Gasteiger partial charge >= 0.3 is 0 Å². The Hall–Kier alpha value is -1.29. The minimum Gasteiger partial charge on any atom is -0.392 e.